The van der Waals surface area contributed by atoms with E-state index in [1.807, 2.05) is 15.8 Å². The second kappa shape index (κ2) is 6.72. The molecule has 3 rings (SSSR count). The summed E-state index contributed by atoms with van der Waals surface area (Å²) >= 11 is 0. The second-order valence-electron chi connectivity index (χ2n) is 7.11. The van der Waals surface area contributed by atoms with Crippen molar-refractivity contribution >= 4 is 17.5 Å². The fraction of sp³-hybridized carbons (Fsp3) is 0.706. The molecule has 3 heterocycles. The maximum Gasteiger partial charge on any atom is 0.228 e. The van der Waals surface area contributed by atoms with Crippen molar-refractivity contribution in [1.29, 1.82) is 0 Å². The van der Waals surface area contributed by atoms with Crippen molar-refractivity contribution in [3.8, 4) is 0 Å². The molecule has 2 aliphatic heterocycles. The summed E-state index contributed by atoms with van der Waals surface area (Å²) in [7, 11) is 0. The maximum absolute atomic E-state index is 12.6. The van der Waals surface area contributed by atoms with Crippen LogP contribution in [0.3, 0.4) is 0 Å². The minimum Gasteiger partial charge on any atom is -0.342 e. The first-order valence-electron chi connectivity index (χ1n) is 8.66. The molecule has 126 valence electrons. The Morgan fingerprint density at radius 2 is 2.04 bits per heavy atom. The fourth-order valence-corrected chi connectivity index (χ4v) is 3.46. The van der Waals surface area contributed by atoms with Crippen LogP contribution in [-0.2, 0) is 16.1 Å². The lowest BCUT2D eigenvalue weighted by molar-refractivity contribution is -0.136. The average molecular weight is 318 g/mol. The Labute approximate surface area is 137 Å². The first-order chi connectivity index (χ1) is 11.0. The van der Waals surface area contributed by atoms with Crippen LogP contribution in [-0.4, -0.2) is 46.1 Å². The van der Waals surface area contributed by atoms with Crippen molar-refractivity contribution in [2.75, 3.05) is 24.5 Å². The van der Waals surface area contributed by atoms with Crippen molar-refractivity contribution in [1.82, 2.24) is 14.7 Å². The maximum atomic E-state index is 12.6. The Balaban J connectivity index is 1.65. The summed E-state index contributed by atoms with van der Waals surface area (Å²) in [6.07, 6.45) is 7.33. The zero-order valence-corrected chi connectivity index (χ0v) is 14.1. The number of amides is 2. The van der Waals surface area contributed by atoms with E-state index in [4.69, 9.17) is 0 Å². The number of aromatic nitrogens is 2. The van der Waals surface area contributed by atoms with Crippen LogP contribution in [0.15, 0.2) is 12.4 Å². The zero-order chi connectivity index (χ0) is 16.4. The minimum atomic E-state index is -0.200. The van der Waals surface area contributed by atoms with Gasteiger partial charge in [-0.2, -0.15) is 5.10 Å². The third-order valence-corrected chi connectivity index (χ3v) is 4.63. The molecule has 1 aromatic rings. The monoisotopic (exact) mass is 318 g/mol. The summed E-state index contributed by atoms with van der Waals surface area (Å²) in [6.45, 7) is 7.27. The van der Waals surface area contributed by atoms with Gasteiger partial charge in [-0.3, -0.25) is 14.3 Å². The van der Waals surface area contributed by atoms with Gasteiger partial charge in [0.1, 0.15) is 0 Å². The Bertz CT molecular complexity index is 575. The molecule has 0 spiro atoms. The van der Waals surface area contributed by atoms with Crippen LogP contribution in [0, 0.1) is 11.8 Å². The molecule has 0 aromatic carbocycles. The third kappa shape index (κ3) is 3.57. The highest BCUT2D eigenvalue weighted by atomic mass is 16.2. The van der Waals surface area contributed by atoms with Crippen LogP contribution in [0.5, 0.6) is 0 Å². The first kappa shape index (κ1) is 16.0. The lowest BCUT2D eigenvalue weighted by atomic mass is 10.0. The largest absolute Gasteiger partial charge is 0.342 e. The predicted octanol–water partition coefficient (Wildman–Crippen LogP) is 1.90. The molecule has 2 amide bonds. The van der Waals surface area contributed by atoms with Crippen LogP contribution in [0.2, 0.25) is 0 Å². The average Bonchev–Trinajstić information content (AvgIpc) is 3.13. The van der Waals surface area contributed by atoms with E-state index >= 15 is 0 Å². The summed E-state index contributed by atoms with van der Waals surface area (Å²) in [5.41, 5.74) is 0.810. The van der Waals surface area contributed by atoms with Crippen molar-refractivity contribution in [2.45, 2.75) is 46.1 Å². The summed E-state index contributed by atoms with van der Waals surface area (Å²) in [5, 5.41) is 4.32. The smallest absolute Gasteiger partial charge is 0.228 e. The highest BCUT2D eigenvalue weighted by Gasteiger charge is 2.37. The number of hydrogen-bond donors (Lipinski definition) is 0. The van der Waals surface area contributed by atoms with Gasteiger partial charge < -0.3 is 9.80 Å². The van der Waals surface area contributed by atoms with E-state index in [9.17, 15) is 9.59 Å². The van der Waals surface area contributed by atoms with Gasteiger partial charge in [-0.15, -0.1) is 0 Å². The van der Waals surface area contributed by atoms with E-state index in [2.05, 4.69) is 18.9 Å². The number of hydrogen-bond acceptors (Lipinski definition) is 3. The second-order valence-corrected chi connectivity index (χ2v) is 7.11. The van der Waals surface area contributed by atoms with Gasteiger partial charge >= 0.3 is 0 Å². The minimum absolute atomic E-state index is 0.0319. The van der Waals surface area contributed by atoms with E-state index in [-0.39, 0.29) is 17.7 Å². The lowest BCUT2D eigenvalue weighted by Gasteiger charge is -2.28. The van der Waals surface area contributed by atoms with Crippen molar-refractivity contribution < 1.29 is 9.59 Å². The highest BCUT2D eigenvalue weighted by molar-refractivity contribution is 6.00. The van der Waals surface area contributed by atoms with Crippen molar-refractivity contribution in [2.24, 2.45) is 11.8 Å². The molecular weight excluding hydrogens is 292 g/mol. The number of nitrogens with zero attached hydrogens (tertiary/aromatic N) is 4. The van der Waals surface area contributed by atoms with Gasteiger partial charge in [-0.1, -0.05) is 13.8 Å². The van der Waals surface area contributed by atoms with Crippen LogP contribution in [0.25, 0.3) is 0 Å². The number of anilines is 1. The fourth-order valence-electron chi connectivity index (χ4n) is 3.46. The van der Waals surface area contributed by atoms with Gasteiger partial charge in [0.25, 0.3) is 0 Å². The van der Waals surface area contributed by atoms with E-state index in [1.165, 1.54) is 6.42 Å². The van der Waals surface area contributed by atoms with Gasteiger partial charge in [0.2, 0.25) is 11.8 Å². The summed E-state index contributed by atoms with van der Waals surface area (Å²) in [5.74, 6) is 0.485. The Morgan fingerprint density at radius 1 is 1.30 bits per heavy atom. The van der Waals surface area contributed by atoms with E-state index in [0.29, 0.717) is 18.9 Å². The summed E-state index contributed by atoms with van der Waals surface area (Å²) in [6, 6.07) is 0. The van der Waals surface area contributed by atoms with Gasteiger partial charge in [0, 0.05) is 38.8 Å². The molecule has 0 saturated carbocycles. The number of carbonyl (C=O) groups is 2. The molecule has 0 aliphatic carbocycles. The molecule has 6 heteroatoms. The van der Waals surface area contributed by atoms with Gasteiger partial charge in [0.15, 0.2) is 0 Å². The van der Waals surface area contributed by atoms with Crippen LogP contribution < -0.4 is 4.90 Å². The molecule has 6 nitrogen and oxygen atoms in total. The SMILES string of the molecule is CC(C)Cn1cc(N2C[C@@H](C(=O)N3CCCCC3)CC2=O)cn1. The molecule has 0 N–H and O–H groups in total. The lowest BCUT2D eigenvalue weighted by Crippen LogP contribution is -2.40. The molecule has 0 unspecified atom stereocenters. The number of carbonyl (C=O) groups excluding carboxylic acids is 2. The molecule has 23 heavy (non-hydrogen) atoms. The third-order valence-electron chi connectivity index (χ3n) is 4.63. The molecular formula is C17H26N4O2. The molecule has 1 atom stereocenters. The van der Waals surface area contributed by atoms with E-state index in [1.54, 1.807) is 11.1 Å². The number of piperidine rings is 1. The van der Waals surface area contributed by atoms with Crippen molar-refractivity contribution in [3.63, 3.8) is 0 Å². The first-order valence-corrected chi connectivity index (χ1v) is 8.66. The van der Waals surface area contributed by atoms with Gasteiger partial charge in [0.05, 0.1) is 17.8 Å². The highest BCUT2D eigenvalue weighted by Crippen LogP contribution is 2.27. The molecule has 0 bridgehead atoms. The van der Waals surface area contributed by atoms with Crippen LogP contribution in [0.1, 0.15) is 39.5 Å². The van der Waals surface area contributed by atoms with Crippen LogP contribution >= 0.6 is 0 Å². The summed E-state index contributed by atoms with van der Waals surface area (Å²) < 4.78 is 1.87. The van der Waals surface area contributed by atoms with Crippen LogP contribution in [0.4, 0.5) is 5.69 Å². The molecule has 2 fully saturated rings. The molecule has 2 aliphatic rings. The topological polar surface area (TPSA) is 58.4 Å². The molecule has 0 radical (unpaired) electrons. The number of likely N-dealkylation sites (tertiary alicyclic amines) is 1. The summed E-state index contributed by atoms with van der Waals surface area (Å²) in [4.78, 5) is 28.6. The predicted molar refractivity (Wildman–Crippen MR) is 88.0 cm³/mol. The molecule has 1 aromatic heterocycles. The number of rotatable bonds is 4. The van der Waals surface area contributed by atoms with E-state index in [0.717, 1.165) is 38.2 Å². The quantitative estimate of drug-likeness (QED) is 0.852. The Morgan fingerprint density at radius 3 is 2.74 bits per heavy atom. The standard InChI is InChI=1S/C17H26N4O2/c1-13(2)10-20-12-15(9-18-20)21-11-14(8-16(21)22)17(23)19-6-4-3-5-7-19/h9,12-14H,3-8,10-11H2,1-2H3/t14-/m0/s1. The Kier molecular flexibility index (Phi) is 4.68. The normalized spacial score (nSPS) is 22.2. The molecule has 2 saturated heterocycles. The zero-order valence-electron chi connectivity index (χ0n) is 14.1. The van der Waals surface area contributed by atoms with Gasteiger partial charge in [-0.25, -0.2) is 0 Å². The van der Waals surface area contributed by atoms with Crippen molar-refractivity contribution in [3.05, 3.63) is 12.4 Å². The van der Waals surface area contributed by atoms with E-state index < -0.39 is 0 Å². The van der Waals surface area contributed by atoms with Gasteiger partial charge in [-0.05, 0) is 25.2 Å². The Hall–Kier alpha value is -1.85.